The van der Waals surface area contributed by atoms with Crippen molar-refractivity contribution in [2.75, 3.05) is 0 Å². The Morgan fingerprint density at radius 2 is 1.32 bits per heavy atom. The second kappa shape index (κ2) is 6.63. The fourth-order valence-corrected chi connectivity index (χ4v) is 2.86. The van der Waals surface area contributed by atoms with Crippen molar-refractivity contribution in [1.29, 1.82) is 0 Å². The largest absolute Gasteiger partial charge is 0.222 e. The third kappa shape index (κ3) is 5.84. The fraction of sp³-hybridized carbons (Fsp3) is 0.615. The average molecular weight is 290 g/mol. The van der Waals surface area contributed by atoms with Gasteiger partial charge in [0.1, 0.15) is 0 Å². The summed E-state index contributed by atoms with van der Waals surface area (Å²) in [6.07, 6.45) is 5.56. The molecule has 1 fully saturated rings. The van der Waals surface area contributed by atoms with Crippen LogP contribution in [0.4, 0.5) is 0 Å². The zero-order valence-electron chi connectivity index (χ0n) is 11.5. The maximum atomic E-state index is 8.49. The van der Waals surface area contributed by atoms with Crippen LogP contribution in [0.5, 0.6) is 0 Å². The van der Waals surface area contributed by atoms with Crippen LogP contribution in [0, 0.1) is 31.0 Å². The third-order valence-electron chi connectivity index (χ3n) is 3.32. The van der Waals surface area contributed by atoms with E-state index in [-0.39, 0.29) is 0 Å². The van der Waals surface area contributed by atoms with E-state index in [9.17, 15) is 0 Å². The van der Waals surface area contributed by atoms with Crippen molar-refractivity contribution in [1.82, 2.24) is 0 Å². The zero-order chi connectivity index (χ0) is 14.6. The van der Waals surface area contributed by atoms with Gasteiger partial charge in [-0.15, -0.1) is 10.2 Å². The number of pyridine rings is 1. The Bertz CT molecular complexity index is 396. The highest BCUT2D eigenvalue weighted by molar-refractivity contribution is 5.13. The molecule has 0 atom stereocenters. The van der Waals surface area contributed by atoms with Crippen LogP contribution in [0.15, 0.2) is 12.1 Å². The standard InChI is InChI=1S/C13H20N.ClHO4/c1-10-8-11(2)14(12(3)9-10)13-6-4-5-7-13;2-1(3,4)5/h8-9,13H,4-7H2,1-3H3;(H,2,3,4,5)/q+1;/p-1. The molecule has 1 aromatic rings. The molecule has 5 nitrogen and oxygen atoms in total. The lowest BCUT2D eigenvalue weighted by Crippen LogP contribution is -2.68. The van der Waals surface area contributed by atoms with Gasteiger partial charge in [-0.3, -0.25) is 0 Å². The van der Waals surface area contributed by atoms with Gasteiger partial charge in [0.05, 0.1) is 0 Å². The van der Waals surface area contributed by atoms with Gasteiger partial charge in [-0.25, -0.2) is 18.6 Å². The van der Waals surface area contributed by atoms with Gasteiger partial charge >= 0.3 is 0 Å². The first-order valence-corrected chi connectivity index (χ1v) is 7.53. The molecule has 1 aliphatic carbocycles. The van der Waals surface area contributed by atoms with Gasteiger partial charge in [0.25, 0.3) is 0 Å². The van der Waals surface area contributed by atoms with Gasteiger partial charge in [0.2, 0.25) is 0 Å². The molecule has 1 heterocycles. The molecule has 1 aromatic heterocycles. The number of rotatable bonds is 1. The lowest BCUT2D eigenvalue weighted by atomic mass is 10.1. The Hall–Kier alpha value is -0.720. The molecule has 0 spiro atoms. The van der Waals surface area contributed by atoms with E-state index in [2.05, 4.69) is 37.5 Å². The van der Waals surface area contributed by atoms with Crippen LogP contribution in [0.1, 0.15) is 48.7 Å². The summed E-state index contributed by atoms with van der Waals surface area (Å²) in [5.41, 5.74) is 4.23. The summed E-state index contributed by atoms with van der Waals surface area (Å²) in [5, 5.41) is 0. The first-order chi connectivity index (χ1) is 8.68. The van der Waals surface area contributed by atoms with E-state index in [1.54, 1.807) is 0 Å². The average Bonchev–Trinajstić information content (AvgIpc) is 2.66. The number of hydrogen-bond donors (Lipinski definition) is 0. The van der Waals surface area contributed by atoms with Crippen LogP contribution >= 0.6 is 0 Å². The molecule has 0 saturated heterocycles. The van der Waals surface area contributed by atoms with Gasteiger partial charge < -0.3 is 0 Å². The summed E-state index contributed by atoms with van der Waals surface area (Å²) in [6.45, 7) is 6.65. The maximum Gasteiger partial charge on any atom is 0.178 e. The van der Waals surface area contributed by atoms with E-state index in [1.165, 1.54) is 42.6 Å². The molecule has 0 aliphatic heterocycles. The van der Waals surface area contributed by atoms with Gasteiger partial charge in [0.15, 0.2) is 17.4 Å². The topological polar surface area (TPSA) is 96.1 Å². The summed E-state index contributed by atoms with van der Waals surface area (Å²) in [7, 11) is -4.94. The van der Waals surface area contributed by atoms with Crippen molar-refractivity contribution in [2.24, 2.45) is 0 Å². The normalized spacial score (nSPS) is 16.2. The molecule has 1 aliphatic rings. The summed E-state index contributed by atoms with van der Waals surface area (Å²) >= 11 is 0. The molecule has 0 unspecified atom stereocenters. The van der Waals surface area contributed by atoms with E-state index >= 15 is 0 Å². The zero-order valence-corrected chi connectivity index (χ0v) is 12.3. The summed E-state index contributed by atoms with van der Waals surface area (Å²) < 4.78 is 36.5. The Labute approximate surface area is 115 Å². The minimum absolute atomic E-state index is 0.774. The monoisotopic (exact) mass is 289 g/mol. The maximum absolute atomic E-state index is 8.49. The van der Waals surface area contributed by atoms with Gasteiger partial charge in [0, 0.05) is 38.8 Å². The van der Waals surface area contributed by atoms with Crippen LogP contribution in [0.25, 0.3) is 0 Å². The molecule has 0 N–H and O–H groups in total. The van der Waals surface area contributed by atoms with Crippen LogP contribution in [-0.4, -0.2) is 0 Å². The second-order valence-electron chi connectivity index (χ2n) is 5.00. The van der Waals surface area contributed by atoms with Crippen molar-refractivity contribution >= 4 is 0 Å². The first-order valence-electron chi connectivity index (χ1n) is 6.29. The molecule has 6 heteroatoms. The first kappa shape index (κ1) is 16.3. The summed E-state index contributed by atoms with van der Waals surface area (Å²) in [5.74, 6) is 0. The molecular weight excluding hydrogens is 270 g/mol. The number of halogens is 1. The molecule has 0 amide bonds. The molecule has 0 aromatic carbocycles. The minimum Gasteiger partial charge on any atom is -0.222 e. The van der Waals surface area contributed by atoms with E-state index in [0.717, 1.165) is 6.04 Å². The van der Waals surface area contributed by atoms with Crippen molar-refractivity contribution in [3.63, 3.8) is 0 Å². The number of aromatic nitrogens is 1. The second-order valence-corrected chi connectivity index (χ2v) is 5.76. The van der Waals surface area contributed by atoms with E-state index in [0.29, 0.717) is 0 Å². The molecular formula is C13H20ClNO4. The predicted octanol–water partition coefficient (Wildman–Crippen LogP) is -1.74. The van der Waals surface area contributed by atoms with Gasteiger partial charge in [-0.05, 0) is 25.3 Å². The van der Waals surface area contributed by atoms with E-state index < -0.39 is 10.2 Å². The van der Waals surface area contributed by atoms with Gasteiger partial charge in [-0.1, -0.05) is 0 Å². The van der Waals surface area contributed by atoms with Gasteiger partial charge in [-0.2, -0.15) is 4.57 Å². The summed E-state index contributed by atoms with van der Waals surface area (Å²) in [6, 6.07) is 5.37. The Kier molecular flexibility index (Phi) is 5.70. The van der Waals surface area contributed by atoms with Crippen molar-refractivity contribution in [3.8, 4) is 0 Å². The highest BCUT2D eigenvalue weighted by Gasteiger charge is 2.26. The molecule has 108 valence electrons. The van der Waals surface area contributed by atoms with Crippen molar-refractivity contribution < 1.29 is 33.4 Å². The van der Waals surface area contributed by atoms with E-state index in [1.807, 2.05) is 0 Å². The van der Waals surface area contributed by atoms with E-state index in [4.69, 9.17) is 18.6 Å². The minimum atomic E-state index is -4.94. The smallest absolute Gasteiger partial charge is 0.178 e. The molecule has 0 bridgehead atoms. The molecule has 2 rings (SSSR count). The highest BCUT2D eigenvalue weighted by Crippen LogP contribution is 2.25. The quantitative estimate of drug-likeness (QED) is 0.573. The van der Waals surface area contributed by atoms with Crippen molar-refractivity contribution in [2.45, 2.75) is 52.5 Å². The summed E-state index contributed by atoms with van der Waals surface area (Å²) in [4.78, 5) is 0. The fourth-order valence-electron chi connectivity index (χ4n) is 2.86. The van der Waals surface area contributed by atoms with Crippen LogP contribution in [-0.2, 0) is 0 Å². The predicted molar refractivity (Wildman–Crippen MR) is 58.4 cm³/mol. The number of nitrogens with zero attached hydrogens (tertiary/aromatic N) is 1. The highest BCUT2D eigenvalue weighted by atomic mass is 35.7. The van der Waals surface area contributed by atoms with Crippen molar-refractivity contribution in [3.05, 3.63) is 29.1 Å². The van der Waals surface area contributed by atoms with Crippen LogP contribution in [0.3, 0.4) is 0 Å². The molecule has 1 saturated carbocycles. The SMILES string of the molecule is Cc1cc(C)[n+](C2CCCC2)c(C)c1.[O-][Cl+3]([O-])([O-])[O-]. The molecule has 0 radical (unpaired) electrons. The Morgan fingerprint density at radius 1 is 0.947 bits per heavy atom. The van der Waals surface area contributed by atoms with Crippen LogP contribution in [0.2, 0.25) is 0 Å². The lowest BCUT2D eigenvalue weighted by Gasteiger charge is -2.17. The van der Waals surface area contributed by atoms with Crippen LogP contribution < -0.4 is 23.2 Å². The molecule has 19 heavy (non-hydrogen) atoms. The lowest BCUT2D eigenvalue weighted by molar-refractivity contribution is -2.00. The Balaban J connectivity index is 0.000000312. The number of hydrogen-bond acceptors (Lipinski definition) is 4. The number of aryl methyl sites for hydroxylation is 3. The third-order valence-corrected chi connectivity index (χ3v) is 3.32. The Morgan fingerprint density at radius 3 is 1.68 bits per heavy atom.